The summed E-state index contributed by atoms with van der Waals surface area (Å²) in [5.41, 5.74) is 2.11. The minimum absolute atomic E-state index is 0.00307. The van der Waals surface area contributed by atoms with E-state index in [0.29, 0.717) is 16.7 Å². The fourth-order valence-electron chi connectivity index (χ4n) is 2.84. The highest BCUT2D eigenvalue weighted by atomic mass is 16.5. The quantitative estimate of drug-likeness (QED) is 0.763. The van der Waals surface area contributed by atoms with Crippen LogP contribution in [0.1, 0.15) is 55.5 Å². The third kappa shape index (κ3) is 4.31. The van der Waals surface area contributed by atoms with Gasteiger partial charge in [0.05, 0.1) is 18.8 Å². The van der Waals surface area contributed by atoms with Crippen LogP contribution in [0, 0.1) is 12.3 Å². The van der Waals surface area contributed by atoms with Gasteiger partial charge < -0.3 is 9.47 Å². The topological polar surface area (TPSA) is 35.5 Å². The molecule has 0 radical (unpaired) electrons. The number of carbonyl (C=O) groups is 1. The maximum atomic E-state index is 12.3. The van der Waals surface area contributed by atoms with Crippen molar-refractivity contribution in [1.82, 2.24) is 0 Å². The molecule has 1 aliphatic rings. The zero-order valence-corrected chi connectivity index (χ0v) is 13.6. The smallest absolute Gasteiger partial charge is 0.192 e. The molecule has 1 saturated carbocycles. The van der Waals surface area contributed by atoms with Gasteiger partial charge in [-0.2, -0.15) is 0 Å². The molecule has 0 amide bonds. The average molecular weight is 290 g/mol. The van der Waals surface area contributed by atoms with Crippen LogP contribution >= 0.6 is 0 Å². The molecule has 1 fully saturated rings. The lowest BCUT2D eigenvalue weighted by molar-refractivity contribution is 0.00853. The lowest BCUT2D eigenvalue weighted by Crippen LogP contribution is -2.28. The summed E-state index contributed by atoms with van der Waals surface area (Å²) in [6.45, 7) is 6.72. The van der Waals surface area contributed by atoms with E-state index in [0.717, 1.165) is 18.4 Å². The van der Waals surface area contributed by atoms with Crippen LogP contribution in [0.3, 0.4) is 0 Å². The van der Waals surface area contributed by atoms with Gasteiger partial charge in [0, 0.05) is 0 Å². The van der Waals surface area contributed by atoms with E-state index in [1.165, 1.54) is 12.8 Å². The minimum Gasteiger partial charge on any atom is -0.496 e. The van der Waals surface area contributed by atoms with Gasteiger partial charge in [0.2, 0.25) is 0 Å². The molecule has 0 atom stereocenters. The Morgan fingerprint density at radius 1 is 1.29 bits per heavy atom. The molecule has 1 aromatic rings. The van der Waals surface area contributed by atoms with Crippen LogP contribution in [-0.2, 0) is 4.74 Å². The molecule has 2 rings (SSSR count). The average Bonchev–Trinajstić information content (AvgIpc) is 2.45. The molecule has 0 N–H and O–H groups in total. The Hall–Kier alpha value is -1.35. The Labute approximate surface area is 127 Å². The van der Waals surface area contributed by atoms with E-state index in [-0.39, 0.29) is 18.5 Å². The Morgan fingerprint density at radius 3 is 2.57 bits per heavy atom. The molecule has 3 nitrogen and oxygen atoms in total. The van der Waals surface area contributed by atoms with Crippen molar-refractivity contribution in [2.75, 3.05) is 13.7 Å². The van der Waals surface area contributed by atoms with Gasteiger partial charge >= 0.3 is 0 Å². The number of hydrogen-bond acceptors (Lipinski definition) is 3. The molecule has 0 heterocycles. The molecule has 1 aromatic carbocycles. The molecule has 1 aliphatic carbocycles. The van der Waals surface area contributed by atoms with E-state index < -0.39 is 0 Å². The molecule has 0 bridgehead atoms. The fraction of sp³-hybridized carbons (Fsp3) is 0.611. The summed E-state index contributed by atoms with van der Waals surface area (Å²) < 4.78 is 11.1. The van der Waals surface area contributed by atoms with Crippen molar-refractivity contribution >= 4 is 5.78 Å². The summed E-state index contributed by atoms with van der Waals surface area (Å²) in [6, 6.07) is 5.64. The summed E-state index contributed by atoms with van der Waals surface area (Å²) in [5.74, 6) is 0.630. The van der Waals surface area contributed by atoms with E-state index in [9.17, 15) is 4.79 Å². The normalized spacial score (nSPS) is 18.5. The van der Waals surface area contributed by atoms with Crippen LogP contribution in [0.15, 0.2) is 18.2 Å². The van der Waals surface area contributed by atoms with Crippen LogP contribution < -0.4 is 4.74 Å². The van der Waals surface area contributed by atoms with Gasteiger partial charge in [0.1, 0.15) is 12.4 Å². The second-order valence-electron chi connectivity index (χ2n) is 6.80. The SMILES string of the molecule is COc1cc(C)ccc1C(=O)COC1CCC(C)(C)CC1. The van der Waals surface area contributed by atoms with Crippen molar-refractivity contribution in [3.8, 4) is 5.75 Å². The van der Waals surface area contributed by atoms with Gasteiger partial charge in [-0.3, -0.25) is 4.79 Å². The van der Waals surface area contributed by atoms with Crippen LogP contribution in [0.5, 0.6) is 5.75 Å². The van der Waals surface area contributed by atoms with Crippen LogP contribution in [0.4, 0.5) is 0 Å². The fourth-order valence-corrected chi connectivity index (χ4v) is 2.84. The Balaban J connectivity index is 1.91. The molecular weight excluding hydrogens is 264 g/mol. The lowest BCUT2D eigenvalue weighted by Gasteiger charge is -2.34. The maximum Gasteiger partial charge on any atom is 0.192 e. The van der Waals surface area contributed by atoms with Crippen molar-refractivity contribution in [3.63, 3.8) is 0 Å². The standard InChI is InChI=1S/C18H26O3/c1-13-5-6-15(17(11-13)20-4)16(19)12-21-14-7-9-18(2,3)10-8-14/h5-6,11,14H,7-10,12H2,1-4H3. The highest BCUT2D eigenvalue weighted by Gasteiger charge is 2.27. The highest BCUT2D eigenvalue weighted by molar-refractivity contribution is 5.99. The molecule has 21 heavy (non-hydrogen) atoms. The first kappa shape index (κ1) is 16.0. The zero-order valence-electron chi connectivity index (χ0n) is 13.6. The highest BCUT2D eigenvalue weighted by Crippen LogP contribution is 2.36. The summed E-state index contributed by atoms with van der Waals surface area (Å²) in [7, 11) is 1.59. The monoisotopic (exact) mass is 290 g/mol. The molecule has 0 unspecified atom stereocenters. The largest absolute Gasteiger partial charge is 0.496 e. The van der Waals surface area contributed by atoms with Gasteiger partial charge in [0.25, 0.3) is 0 Å². The predicted molar refractivity (Wildman–Crippen MR) is 84.1 cm³/mol. The van der Waals surface area contributed by atoms with Gasteiger partial charge in [-0.25, -0.2) is 0 Å². The van der Waals surface area contributed by atoms with Gasteiger partial charge in [-0.05, 0) is 55.7 Å². The first-order chi connectivity index (χ1) is 9.91. The second kappa shape index (κ2) is 6.61. The second-order valence-corrected chi connectivity index (χ2v) is 6.80. The molecule has 0 spiro atoms. The Morgan fingerprint density at radius 2 is 1.95 bits per heavy atom. The first-order valence-electron chi connectivity index (χ1n) is 7.71. The van der Waals surface area contributed by atoms with E-state index in [1.807, 2.05) is 25.1 Å². The molecular formula is C18H26O3. The van der Waals surface area contributed by atoms with Crippen LogP contribution in [0.25, 0.3) is 0 Å². The minimum atomic E-state index is -0.00307. The van der Waals surface area contributed by atoms with Gasteiger partial charge in [0.15, 0.2) is 5.78 Å². The van der Waals surface area contributed by atoms with Crippen molar-refractivity contribution in [1.29, 1.82) is 0 Å². The summed E-state index contributed by atoms with van der Waals surface area (Å²) >= 11 is 0. The summed E-state index contributed by atoms with van der Waals surface area (Å²) in [4.78, 5) is 12.3. The number of ketones is 1. The van der Waals surface area contributed by atoms with Crippen molar-refractivity contribution in [2.45, 2.75) is 52.6 Å². The third-order valence-electron chi connectivity index (χ3n) is 4.39. The van der Waals surface area contributed by atoms with Crippen LogP contribution in [-0.4, -0.2) is 25.6 Å². The van der Waals surface area contributed by atoms with Crippen LogP contribution in [0.2, 0.25) is 0 Å². The van der Waals surface area contributed by atoms with Crippen molar-refractivity contribution in [3.05, 3.63) is 29.3 Å². The van der Waals surface area contributed by atoms with E-state index in [4.69, 9.17) is 9.47 Å². The van der Waals surface area contributed by atoms with Gasteiger partial charge in [-0.1, -0.05) is 19.9 Å². The number of aryl methyl sites for hydroxylation is 1. The molecule has 0 aliphatic heterocycles. The first-order valence-corrected chi connectivity index (χ1v) is 7.71. The molecule has 0 saturated heterocycles. The maximum absolute atomic E-state index is 12.3. The van der Waals surface area contributed by atoms with E-state index in [2.05, 4.69) is 13.8 Å². The van der Waals surface area contributed by atoms with E-state index in [1.54, 1.807) is 7.11 Å². The molecule has 116 valence electrons. The number of rotatable bonds is 5. The number of Topliss-reactive ketones (excluding diaryl/α,β-unsaturated/α-hetero) is 1. The number of benzene rings is 1. The molecule has 0 aromatic heterocycles. The number of carbonyl (C=O) groups excluding carboxylic acids is 1. The van der Waals surface area contributed by atoms with Crippen molar-refractivity contribution < 1.29 is 14.3 Å². The van der Waals surface area contributed by atoms with E-state index >= 15 is 0 Å². The lowest BCUT2D eigenvalue weighted by atomic mass is 9.76. The third-order valence-corrected chi connectivity index (χ3v) is 4.39. The van der Waals surface area contributed by atoms with Crippen molar-refractivity contribution in [2.24, 2.45) is 5.41 Å². The number of ether oxygens (including phenoxy) is 2. The Kier molecular flexibility index (Phi) is 5.04. The summed E-state index contributed by atoms with van der Waals surface area (Å²) in [5, 5.41) is 0. The molecule has 3 heteroatoms. The summed E-state index contributed by atoms with van der Waals surface area (Å²) in [6.07, 6.45) is 4.65. The number of methoxy groups -OCH3 is 1. The predicted octanol–water partition coefficient (Wildman–Crippen LogP) is 4.17. The Bertz CT molecular complexity index is 495. The number of hydrogen-bond donors (Lipinski definition) is 0. The zero-order chi connectivity index (χ0) is 15.5. The van der Waals surface area contributed by atoms with Gasteiger partial charge in [-0.15, -0.1) is 0 Å².